The fourth-order valence-corrected chi connectivity index (χ4v) is 2.67. The van der Waals surface area contributed by atoms with Crippen molar-refractivity contribution in [3.8, 4) is 0 Å². The molecule has 110 valence electrons. The Kier molecular flexibility index (Phi) is 4.11. The van der Waals surface area contributed by atoms with Gasteiger partial charge in [0.1, 0.15) is 0 Å². The van der Waals surface area contributed by atoms with Crippen LogP contribution in [-0.2, 0) is 9.59 Å². The van der Waals surface area contributed by atoms with Crippen LogP contribution in [0.3, 0.4) is 0 Å². The van der Waals surface area contributed by atoms with E-state index >= 15 is 0 Å². The second kappa shape index (κ2) is 5.64. The van der Waals surface area contributed by atoms with Gasteiger partial charge in [0.05, 0.1) is 17.8 Å². The second-order valence-electron chi connectivity index (χ2n) is 6.05. The van der Waals surface area contributed by atoms with Crippen LogP contribution in [0.2, 0.25) is 0 Å². The Balaban J connectivity index is 1.96. The van der Waals surface area contributed by atoms with Gasteiger partial charge < -0.3 is 15.0 Å². The Morgan fingerprint density at radius 2 is 2.20 bits per heavy atom. The van der Waals surface area contributed by atoms with Crippen LogP contribution in [-0.4, -0.2) is 32.6 Å². The smallest absolute Gasteiger partial charge is 0.309 e. The first-order valence-corrected chi connectivity index (χ1v) is 6.90. The van der Waals surface area contributed by atoms with E-state index in [4.69, 9.17) is 5.11 Å². The van der Waals surface area contributed by atoms with Gasteiger partial charge in [0.25, 0.3) is 0 Å². The van der Waals surface area contributed by atoms with E-state index in [0.29, 0.717) is 0 Å². The molecular weight excluding hydrogens is 258 g/mol. The number of nitrogens with one attached hydrogen (secondary N) is 1. The van der Waals surface area contributed by atoms with E-state index in [1.165, 1.54) is 0 Å². The van der Waals surface area contributed by atoms with E-state index in [9.17, 15) is 9.59 Å². The van der Waals surface area contributed by atoms with Crippen molar-refractivity contribution in [2.45, 2.75) is 51.6 Å². The molecule has 0 aromatic carbocycles. The number of amides is 1. The second-order valence-corrected chi connectivity index (χ2v) is 6.05. The summed E-state index contributed by atoms with van der Waals surface area (Å²) in [4.78, 5) is 27.1. The maximum atomic E-state index is 12.0. The van der Waals surface area contributed by atoms with Gasteiger partial charge in [-0.2, -0.15) is 0 Å². The van der Waals surface area contributed by atoms with E-state index in [1.807, 2.05) is 10.8 Å². The molecule has 1 saturated carbocycles. The molecule has 1 fully saturated rings. The van der Waals surface area contributed by atoms with Crippen molar-refractivity contribution >= 4 is 11.9 Å². The summed E-state index contributed by atoms with van der Waals surface area (Å²) >= 11 is 0. The highest BCUT2D eigenvalue weighted by atomic mass is 16.4. The molecule has 1 aromatic heterocycles. The van der Waals surface area contributed by atoms with Gasteiger partial charge >= 0.3 is 5.97 Å². The van der Waals surface area contributed by atoms with Crippen LogP contribution in [0.4, 0.5) is 0 Å². The fraction of sp³-hybridized carbons (Fsp3) is 0.643. The molecule has 0 spiro atoms. The summed E-state index contributed by atoms with van der Waals surface area (Å²) < 4.78 is 2.01. The summed E-state index contributed by atoms with van der Waals surface area (Å²) in [5.74, 6) is -1.15. The Morgan fingerprint density at radius 3 is 2.80 bits per heavy atom. The third kappa shape index (κ3) is 3.18. The minimum Gasteiger partial charge on any atom is -0.481 e. The third-order valence-electron chi connectivity index (χ3n) is 3.92. The highest BCUT2D eigenvalue weighted by molar-refractivity contribution is 5.84. The van der Waals surface area contributed by atoms with E-state index in [0.717, 1.165) is 19.3 Å². The summed E-state index contributed by atoms with van der Waals surface area (Å²) in [6.07, 6.45) is 8.36. The zero-order valence-electron chi connectivity index (χ0n) is 11.9. The highest BCUT2D eigenvalue weighted by Crippen LogP contribution is 2.30. The Bertz CT molecular complexity index is 482. The largest absolute Gasteiger partial charge is 0.481 e. The minimum absolute atomic E-state index is 0.00448. The summed E-state index contributed by atoms with van der Waals surface area (Å²) in [5.41, 5.74) is -1.03. The molecule has 1 aromatic rings. The van der Waals surface area contributed by atoms with E-state index < -0.39 is 11.4 Å². The number of hydrogen-bond acceptors (Lipinski definition) is 3. The molecule has 2 unspecified atom stereocenters. The molecule has 2 rings (SSSR count). The number of imidazole rings is 1. The number of aliphatic carboxylic acids is 1. The van der Waals surface area contributed by atoms with Gasteiger partial charge in [0.15, 0.2) is 0 Å². The van der Waals surface area contributed by atoms with E-state index in [1.54, 1.807) is 26.4 Å². The predicted molar refractivity (Wildman–Crippen MR) is 73.1 cm³/mol. The van der Waals surface area contributed by atoms with Crippen LogP contribution >= 0.6 is 0 Å². The quantitative estimate of drug-likeness (QED) is 0.857. The summed E-state index contributed by atoms with van der Waals surface area (Å²) in [5, 5.41) is 12.0. The maximum Gasteiger partial charge on any atom is 0.309 e. The van der Waals surface area contributed by atoms with Crippen molar-refractivity contribution in [2.24, 2.45) is 5.41 Å². The molecule has 1 heterocycles. The van der Waals surface area contributed by atoms with Gasteiger partial charge in [-0.15, -0.1) is 0 Å². The van der Waals surface area contributed by atoms with Gasteiger partial charge in [0.2, 0.25) is 5.91 Å². The maximum absolute atomic E-state index is 12.0. The molecule has 2 N–H and O–H groups in total. The molecule has 0 radical (unpaired) electrons. The van der Waals surface area contributed by atoms with Crippen molar-refractivity contribution in [3.05, 3.63) is 18.7 Å². The molecule has 6 heteroatoms. The first kappa shape index (κ1) is 14.6. The lowest BCUT2D eigenvalue weighted by molar-refractivity contribution is -0.149. The van der Waals surface area contributed by atoms with Crippen LogP contribution < -0.4 is 5.32 Å². The zero-order chi connectivity index (χ0) is 14.8. The Morgan fingerprint density at radius 1 is 1.45 bits per heavy atom. The average molecular weight is 279 g/mol. The first-order valence-electron chi connectivity index (χ1n) is 6.90. The standard InChI is InChI=1S/C14H21N3O3/c1-14(2,13(19)20)8-12(18)16-10-4-3-5-11(10)17-7-6-15-9-17/h6-7,9-11H,3-5,8H2,1-2H3,(H,16,18)(H,19,20). The van der Waals surface area contributed by atoms with Crippen LogP contribution in [0.25, 0.3) is 0 Å². The summed E-state index contributed by atoms with van der Waals surface area (Å²) in [7, 11) is 0. The monoisotopic (exact) mass is 279 g/mol. The van der Waals surface area contributed by atoms with Crippen molar-refractivity contribution < 1.29 is 14.7 Å². The van der Waals surface area contributed by atoms with Crippen LogP contribution in [0.5, 0.6) is 0 Å². The predicted octanol–water partition coefficient (Wildman–Crippen LogP) is 1.59. The van der Waals surface area contributed by atoms with E-state index in [2.05, 4.69) is 10.3 Å². The number of carboxylic acid groups (broad SMARTS) is 1. The third-order valence-corrected chi connectivity index (χ3v) is 3.92. The minimum atomic E-state index is -1.03. The number of rotatable bonds is 5. The number of hydrogen-bond donors (Lipinski definition) is 2. The number of carbonyl (C=O) groups excluding carboxylic acids is 1. The van der Waals surface area contributed by atoms with Crippen LogP contribution in [0.15, 0.2) is 18.7 Å². The lowest BCUT2D eigenvalue weighted by atomic mass is 9.89. The van der Waals surface area contributed by atoms with Crippen molar-refractivity contribution in [3.63, 3.8) is 0 Å². The fourth-order valence-electron chi connectivity index (χ4n) is 2.67. The Labute approximate surface area is 118 Å². The van der Waals surface area contributed by atoms with E-state index in [-0.39, 0.29) is 24.4 Å². The molecule has 1 aliphatic carbocycles. The van der Waals surface area contributed by atoms with Crippen molar-refractivity contribution in [2.75, 3.05) is 0 Å². The number of carbonyl (C=O) groups is 2. The van der Waals surface area contributed by atoms with Gasteiger partial charge in [-0.05, 0) is 33.1 Å². The van der Waals surface area contributed by atoms with Gasteiger partial charge in [-0.25, -0.2) is 4.98 Å². The average Bonchev–Trinajstić information content (AvgIpc) is 2.97. The topological polar surface area (TPSA) is 84.2 Å². The molecule has 2 atom stereocenters. The number of aromatic nitrogens is 2. The lowest BCUT2D eigenvalue weighted by Crippen LogP contribution is -2.41. The molecular formula is C14H21N3O3. The zero-order valence-corrected chi connectivity index (χ0v) is 11.9. The highest BCUT2D eigenvalue weighted by Gasteiger charge is 2.34. The molecule has 1 aliphatic rings. The number of carboxylic acids is 1. The van der Waals surface area contributed by atoms with Gasteiger partial charge in [-0.3, -0.25) is 9.59 Å². The summed E-state index contributed by atoms with van der Waals surface area (Å²) in [6.45, 7) is 3.13. The van der Waals surface area contributed by atoms with Gasteiger partial charge in [0, 0.05) is 24.9 Å². The SMILES string of the molecule is CC(C)(CC(=O)NC1CCCC1n1ccnc1)C(=O)O. The van der Waals surface area contributed by atoms with Crippen molar-refractivity contribution in [1.82, 2.24) is 14.9 Å². The molecule has 6 nitrogen and oxygen atoms in total. The molecule has 20 heavy (non-hydrogen) atoms. The first-order chi connectivity index (χ1) is 9.40. The summed E-state index contributed by atoms with van der Waals surface area (Å²) in [6, 6.07) is 0.274. The lowest BCUT2D eigenvalue weighted by Gasteiger charge is -2.24. The van der Waals surface area contributed by atoms with Crippen LogP contribution in [0.1, 0.15) is 45.6 Å². The Hall–Kier alpha value is -1.85. The van der Waals surface area contributed by atoms with Crippen molar-refractivity contribution in [1.29, 1.82) is 0 Å². The number of nitrogens with zero attached hydrogens (tertiary/aromatic N) is 2. The van der Waals surface area contributed by atoms with Crippen LogP contribution in [0, 0.1) is 5.41 Å². The normalized spacial score (nSPS) is 22.7. The molecule has 0 saturated heterocycles. The molecule has 1 amide bonds. The van der Waals surface area contributed by atoms with Gasteiger partial charge in [-0.1, -0.05) is 0 Å². The molecule has 0 bridgehead atoms. The molecule has 0 aliphatic heterocycles.